The molecule has 0 spiro atoms. The number of hydrogen-bond acceptors (Lipinski definition) is 3. The van der Waals surface area contributed by atoms with E-state index in [2.05, 4.69) is 20.8 Å². The quantitative estimate of drug-likeness (QED) is 0.929. The zero-order valence-corrected chi connectivity index (χ0v) is 11.3. The van der Waals surface area contributed by atoms with Crippen LogP contribution in [0.1, 0.15) is 32.4 Å². The number of aliphatic hydroxyl groups is 1. The van der Waals surface area contributed by atoms with E-state index in [1.54, 1.807) is 0 Å². The van der Waals surface area contributed by atoms with Crippen molar-refractivity contribution in [1.29, 1.82) is 0 Å². The molecule has 1 saturated heterocycles. The molecule has 1 aromatic heterocycles. The first-order valence-electron chi connectivity index (χ1n) is 5.67. The van der Waals surface area contributed by atoms with Crippen LogP contribution in [0.2, 0.25) is 0 Å². The van der Waals surface area contributed by atoms with Crippen LogP contribution in [0.15, 0.2) is 21.2 Å². The van der Waals surface area contributed by atoms with E-state index in [0.717, 1.165) is 36.4 Å². The lowest BCUT2D eigenvalue weighted by Gasteiger charge is -2.33. The summed E-state index contributed by atoms with van der Waals surface area (Å²) in [6.07, 6.45) is 2.21. The molecule has 0 amide bonds. The molecule has 0 radical (unpaired) electrons. The van der Waals surface area contributed by atoms with Gasteiger partial charge in [-0.15, -0.1) is 0 Å². The van der Waals surface area contributed by atoms with Gasteiger partial charge in [-0.1, -0.05) is 0 Å². The maximum atomic E-state index is 10.1. The fourth-order valence-electron chi connectivity index (χ4n) is 2.45. The molecular formula is C12H18BrNO2. The maximum absolute atomic E-state index is 10.1. The zero-order chi connectivity index (χ0) is 11.8. The van der Waals surface area contributed by atoms with Crippen molar-refractivity contribution >= 4 is 15.9 Å². The molecule has 0 bridgehead atoms. The Morgan fingerprint density at radius 3 is 2.88 bits per heavy atom. The van der Waals surface area contributed by atoms with Crippen LogP contribution in [-0.2, 0) is 6.54 Å². The van der Waals surface area contributed by atoms with E-state index in [4.69, 9.17) is 4.42 Å². The summed E-state index contributed by atoms with van der Waals surface area (Å²) in [5, 5.41) is 10.1. The molecule has 0 saturated carbocycles. The lowest BCUT2D eigenvalue weighted by atomic mass is 9.96. The number of likely N-dealkylation sites (tertiary alicyclic amines) is 1. The summed E-state index contributed by atoms with van der Waals surface area (Å²) in [4.78, 5) is 2.30. The van der Waals surface area contributed by atoms with E-state index in [9.17, 15) is 5.11 Å². The lowest BCUT2D eigenvalue weighted by Crippen LogP contribution is -2.45. The molecule has 4 heteroatoms. The number of halogens is 1. The molecule has 1 unspecified atom stereocenters. The van der Waals surface area contributed by atoms with Crippen molar-refractivity contribution in [2.75, 3.05) is 6.54 Å². The van der Waals surface area contributed by atoms with Gasteiger partial charge in [-0.3, -0.25) is 4.90 Å². The van der Waals surface area contributed by atoms with Gasteiger partial charge in [-0.25, -0.2) is 0 Å². The van der Waals surface area contributed by atoms with Gasteiger partial charge >= 0.3 is 0 Å². The summed E-state index contributed by atoms with van der Waals surface area (Å²) in [6.45, 7) is 5.58. The monoisotopic (exact) mass is 287 g/mol. The van der Waals surface area contributed by atoms with Crippen molar-refractivity contribution in [3.63, 3.8) is 0 Å². The van der Waals surface area contributed by atoms with Gasteiger partial charge in [0, 0.05) is 6.04 Å². The molecule has 1 N–H and O–H groups in total. The summed E-state index contributed by atoms with van der Waals surface area (Å²) in [5.74, 6) is 0.947. The highest BCUT2D eigenvalue weighted by atomic mass is 79.9. The van der Waals surface area contributed by atoms with E-state index < -0.39 is 5.60 Å². The molecule has 0 aromatic carbocycles. The SMILES string of the molecule is CC(C)(O)C1CCCN1Cc1ccc(Br)o1. The average molecular weight is 288 g/mol. The van der Waals surface area contributed by atoms with E-state index in [1.807, 2.05) is 26.0 Å². The molecule has 2 heterocycles. The van der Waals surface area contributed by atoms with Gasteiger partial charge in [-0.2, -0.15) is 0 Å². The summed E-state index contributed by atoms with van der Waals surface area (Å²) in [7, 11) is 0. The van der Waals surface area contributed by atoms with Crippen LogP contribution in [0, 0.1) is 0 Å². The minimum absolute atomic E-state index is 0.233. The van der Waals surface area contributed by atoms with Gasteiger partial charge in [0.15, 0.2) is 4.67 Å². The predicted octanol–water partition coefficient (Wildman–Crippen LogP) is 2.78. The first-order valence-corrected chi connectivity index (χ1v) is 6.47. The van der Waals surface area contributed by atoms with Gasteiger partial charge in [0.2, 0.25) is 0 Å². The zero-order valence-electron chi connectivity index (χ0n) is 9.74. The van der Waals surface area contributed by atoms with Crippen LogP contribution in [0.3, 0.4) is 0 Å². The van der Waals surface area contributed by atoms with E-state index >= 15 is 0 Å². The van der Waals surface area contributed by atoms with Crippen LogP contribution in [-0.4, -0.2) is 28.2 Å². The van der Waals surface area contributed by atoms with Crippen molar-refractivity contribution in [2.45, 2.75) is 44.9 Å². The molecule has 1 aliphatic heterocycles. The van der Waals surface area contributed by atoms with Crippen LogP contribution in [0.25, 0.3) is 0 Å². The highest BCUT2D eigenvalue weighted by Crippen LogP contribution is 2.28. The average Bonchev–Trinajstić information content (AvgIpc) is 2.74. The lowest BCUT2D eigenvalue weighted by molar-refractivity contribution is -0.00685. The standard InChI is InChI=1S/C12H18BrNO2/c1-12(2,15)10-4-3-7-14(10)8-9-5-6-11(13)16-9/h5-6,10,15H,3-4,7-8H2,1-2H3. The largest absolute Gasteiger partial charge is 0.453 e. The molecule has 1 aliphatic rings. The fraction of sp³-hybridized carbons (Fsp3) is 0.667. The molecule has 3 nitrogen and oxygen atoms in total. The van der Waals surface area contributed by atoms with Crippen molar-refractivity contribution in [3.8, 4) is 0 Å². The topological polar surface area (TPSA) is 36.6 Å². The Bertz CT molecular complexity index is 356. The van der Waals surface area contributed by atoms with E-state index in [0.29, 0.717) is 0 Å². The van der Waals surface area contributed by atoms with Crippen LogP contribution in [0.5, 0.6) is 0 Å². The predicted molar refractivity (Wildman–Crippen MR) is 66.1 cm³/mol. The van der Waals surface area contributed by atoms with E-state index in [1.165, 1.54) is 0 Å². The normalized spacial score (nSPS) is 22.9. The first kappa shape index (κ1) is 12.1. The van der Waals surface area contributed by atoms with Crippen LogP contribution in [0.4, 0.5) is 0 Å². The Balaban J connectivity index is 2.04. The molecule has 16 heavy (non-hydrogen) atoms. The van der Waals surface area contributed by atoms with Gasteiger partial charge in [0.1, 0.15) is 5.76 Å². The summed E-state index contributed by atoms with van der Waals surface area (Å²) in [6, 6.07) is 4.12. The van der Waals surface area contributed by atoms with Gasteiger partial charge < -0.3 is 9.52 Å². The second-order valence-electron chi connectivity index (χ2n) is 4.99. The van der Waals surface area contributed by atoms with Crippen LogP contribution >= 0.6 is 15.9 Å². The van der Waals surface area contributed by atoms with Gasteiger partial charge in [-0.05, 0) is 61.3 Å². The molecule has 1 fully saturated rings. The number of rotatable bonds is 3. The first-order chi connectivity index (χ1) is 7.47. The van der Waals surface area contributed by atoms with Gasteiger partial charge in [0.25, 0.3) is 0 Å². The summed E-state index contributed by atoms with van der Waals surface area (Å²) < 4.78 is 6.27. The number of nitrogens with zero attached hydrogens (tertiary/aromatic N) is 1. The van der Waals surface area contributed by atoms with Gasteiger partial charge in [0.05, 0.1) is 12.1 Å². The van der Waals surface area contributed by atoms with Crippen molar-refractivity contribution in [3.05, 3.63) is 22.6 Å². The third kappa shape index (κ3) is 2.67. The minimum Gasteiger partial charge on any atom is -0.453 e. The minimum atomic E-state index is -0.639. The third-order valence-electron chi connectivity index (χ3n) is 3.17. The molecule has 1 atom stereocenters. The highest BCUT2D eigenvalue weighted by molar-refractivity contribution is 9.10. The summed E-state index contributed by atoms with van der Waals surface area (Å²) in [5.41, 5.74) is -0.639. The Kier molecular flexibility index (Phi) is 3.42. The smallest absolute Gasteiger partial charge is 0.169 e. The Morgan fingerprint density at radius 2 is 2.31 bits per heavy atom. The molecular weight excluding hydrogens is 270 g/mol. The third-order valence-corrected chi connectivity index (χ3v) is 3.59. The molecule has 90 valence electrons. The van der Waals surface area contributed by atoms with E-state index in [-0.39, 0.29) is 6.04 Å². The molecule has 2 rings (SSSR count). The number of hydrogen-bond donors (Lipinski definition) is 1. The Morgan fingerprint density at radius 1 is 1.56 bits per heavy atom. The fourth-order valence-corrected chi connectivity index (χ4v) is 2.79. The second kappa shape index (κ2) is 4.51. The Hall–Kier alpha value is -0.320. The maximum Gasteiger partial charge on any atom is 0.169 e. The molecule has 0 aliphatic carbocycles. The summed E-state index contributed by atoms with van der Waals surface area (Å²) >= 11 is 3.30. The Labute approximate surface area is 105 Å². The van der Waals surface area contributed by atoms with Crippen molar-refractivity contribution < 1.29 is 9.52 Å². The number of furan rings is 1. The molecule has 1 aromatic rings. The second-order valence-corrected chi connectivity index (χ2v) is 5.77. The van der Waals surface area contributed by atoms with Crippen molar-refractivity contribution in [1.82, 2.24) is 4.90 Å². The van der Waals surface area contributed by atoms with Crippen LogP contribution < -0.4 is 0 Å². The van der Waals surface area contributed by atoms with Crippen molar-refractivity contribution in [2.24, 2.45) is 0 Å². The highest BCUT2D eigenvalue weighted by Gasteiger charge is 2.35.